The second-order valence-corrected chi connectivity index (χ2v) is 6.64. The Balaban J connectivity index is 1.98. The fraction of sp³-hybridized carbons (Fsp3) is 0.250. The molecule has 3 rings (SSSR count). The van der Waals surface area contributed by atoms with Crippen molar-refractivity contribution in [3.8, 4) is 11.4 Å². The molecule has 3 aromatic rings. The first-order valence-corrected chi connectivity index (χ1v) is 8.20. The van der Waals surface area contributed by atoms with Gasteiger partial charge in [-0.15, -0.1) is 11.3 Å². The predicted molar refractivity (Wildman–Crippen MR) is 89.2 cm³/mol. The average Bonchev–Trinajstić information content (AvgIpc) is 3.01. The van der Waals surface area contributed by atoms with E-state index in [9.17, 15) is 13.2 Å². The van der Waals surface area contributed by atoms with Gasteiger partial charge in [0, 0.05) is 35.1 Å². The first-order valence-electron chi connectivity index (χ1n) is 7.38. The van der Waals surface area contributed by atoms with Crippen molar-refractivity contribution in [2.45, 2.75) is 26.1 Å². The Kier molecular flexibility index (Phi) is 4.67. The van der Waals surface area contributed by atoms with Crippen molar-refractivity contribution in [2.75, 3.05) is 5.32 Å². The third-order valence-electron chi connectivity index (χ3n) is 3.33. The fourth-order valence-electron chi connectivity index (χ4n) is 2.15. The van der Waals surface area contributed by atoms with Crippen LogP contribution < -0.4 is 5.32 Å². The molecule has 25 heavy (non-hydrogen) atoms. The van der Waals surface area contributed by atoms with Gasteiger partial charge in [-0.25, -0.2) is 15.0 Å². The molecular weight excluding hydrogens is 351 g/mol. The van der Waals surface area contributed by atoms with Crippen LogP contribution in [0.1, 0.15) is 28.5 Å². The summed E-state index contributed by atoms with van der Waals surface area (Å²) in [7, 11) is 0. The normalized spacial score (nSPS) is 12.8. The van der Waals surface area contributed by atoms with Gasteiger partial charge in [-0.2, -0.15) is 13.2 Å². The van der Waals surface area contributed by atoms with Crippen LogP contribution in [0.3, 0.4) is 0 Å². The SMILES string of the molecule is Cc1cnc(C(C)Nc2cc(C(F)(F)F)nc(-c3ccncc3)n2)s1. The lowest BCUT2D eigenvalue weighted by molar-refractivity contribution is -0.141. The van der Waals surface area contributed by atoms with Gasteiger partial charge in [-0.3, -0.25) is 4.98 Å². The van der Waals surface area contributed by atoms with Crippen molar-refractivity contribution in [3.05, 3.63) is 52.4 Å². The maximum atomic E-state index is 13.2. The summed E-state index contributed by atoms with van der Waals surface area (Å²) >= 11 is 1.48. The molecule has 0 spiro atoms. The molecule has 0 saturated carbocycles. The number of aryl methyl sites for hydroxylation is 1. The molecule has 1 atom stereocenters. The zero-order chi connectivity index (χ0) is 18.0. The lowest BCUT2D eigenvalue weighted by Crippen LogP contribution is -2.13. The molecule has 3 heterocycles. The summed E-state index contributed by atoms with van der Waals surface area (Å²) in [5, 5.41) is 3.75. The molecule has 0 radical (unpaired) electrons. The quantitative estimate of drug-likeness (QED) is 0.738. The molecule has 0 saturated heterocycles. The number of hydrogen-bond donors (Lipinski definition) is 1. The minimum atomic E-state index is -4.57. The summed E-state index contributed by atoms with van der Waals surface area (Å²) in [5.41, 5.74) is -0.541. The number of rotatable bonds is 4. The molecule has 0 fully saturated rings. The highest BCUT2D eigenvalue weighted by molar-refractivity contribution is 7.11. The Morgan fingerprint density at radius 1 is 1.16 bits per heavy atom. The van der Waals surface area contributed by atoms with Crippen molar-refractivity contribution in [2.24, 2.45) is 0 Å². The second kappa shape index (κ2) is 6.75. The number of thiazole rings is 1. The lowest BCUT2D eigenvalue weighted by Gasteiger charge is -2.15. The highest BCUT2D eigenvalue weighted by atomic mass is 32.1. The lowest BCUT2D eigenvalue weighted by atomic mass is 10.2. The summed E-state index contributed by atoms with van der Waals surface area (Å²) < 4.78 is 39.6. The minimum absolute atomic E-state index is 0.0118. The second-order valence-electron chi connectivity index (χ2n) is 5.37. The van der Waals surface area contributed by atoms with Crippen LogP contribution in [-0.2, 0) is 6.18 Å². The summed E-state index contributed by atoms with van der Waals surface area (Å²) in [6.45, 7) is 3.74. The largest absolute Gasteiger partial charge is 0.433 e. The van der Waals surface area contributed by atoms with Crippen molar-refractivity contribution < 1.29 is 13.2 Å². The molecule has 0 aliphatic rings. The number of alkyl halides is 3. The molecule has 5 nitrogen and oxygen atoms in total. The molecule has 9 heteroatoms. The Bertz CT molecular complexity index is 864. The van der Waals surface area contributed by atoms with Gasteiger partial charge in [0.15, 0.2) is 11.5 Å². The van der Waals surface area contributed by atoms with Gasteiger partial charge in [0.1, 0.15) is 10.8 Å². The Morgan fingerprint density at radius 3 is 2.48 bits per heavy atom. The van der Waals surface area contributed by atoms with Crippen LogP contribution >= 0.6 is 11.3 Å². The number of aromatic nitrogens is 4. The smallest absolute Gasteiger partial charge is 0.361 e. The van der Waals surface area contributed by atoms with E-state index in [1.165, 1.54) is 23.7 Å². The Morgan fingerprint density at radius 2 is 1.88 bits per heavy atom. The first-order chi connectivity index (χ1) is 11.8. The van der Waals surface area contributed by atoms with Gasteiger partial charge >= 0.3 is 6.18 Å². The van der Waals surface area contributed by atoms with E-state index in [1.807, 2.05) is 13.8 Å². The van der Waals surface area contributed by atoms with E-state index < -0.39 is 11.9 Å². The average molecular weight is 365 g/mol. The van der Waals surface area contributed by atoms with E-state index >= 15 is 0 Å². The van der Waals surface area contributed by atoms with Crippen LogP contribution in [0.2, 0.25) is 0 Å². The standard InChI is InChI=1S/C16H14F3N5S/c1-9-8-21-15(25-9)10(2)22-13-7-12(16(17,18)19)23-14(24-13)11-3-5-20-6-4-11/h3-8,10H,1-2H3,(H,22,23,24). The van der Waals surface area contributed by atoms with Gasteiger partial charge in [0.25, 0.3) is 0 Å². The molecule has 1 unspecified atom stereocenters. The van der Waals surface area contributed by atoms with Gasteiger partial charge < -0.3 is 5.32 Å². The summed E-state index contributed by atoms with van der Waals surface area (Å²) in [5.74, 6) is 0.0803. The maximum absolute atomic E-state index is 13.2. The van der Waals surface area contributed by atoms with Crippen LogP contribution in [-0.4, -0.2) is 19.9 Å². The van der Waals surface area contributed by atoms with Crippen molar-refractivity contribution in [1.29, 1.82) is 0 Å². The molecule has 0 aliphatic carbocycles. The number of halogens is 3. The van der Waals surface area contributed by atoms with Crippen LogP contribution in [0.25, 0.3) is 11.4 Å². The van der Waals surface area contributed by atoms with Crippen LogP contribution in [0, 0.1) is 6.92 Å². The Labute approximate surface area is 146 Å². The first kappa shape index (κ1) is 17.3. The number of pyridine rings is 1. The third-order valence-corrected chi connectivity index (χ3v) is 4.42. The van der Waals surface area contributed by atoms with E-state index in [4.69, 9.17) is 0 Å². The Hall–Kier alpha value is -2.55. The molecule has 0 aliphatic heterocycles. The van der Waals surface area contributed by atoms with E-state index in [2.05, 4.69) is 25.3 Å². The maximum Gasteiger partial charge on any atom is 0.433 e. The van der Waals surface area contributed by atoms with Gasteiger partial charge in [0.2, 0.25) is 0 Å². The fourth-order valence-corrected chi connectivity index (χ4v) is 2.93. The summed E-state index contributed by atoms with van der Waals surface area (Å²) in [4.78, 5) is 17.0. The molecule has 0 amide bonds. The van der Waals surface area contributed by atoms with E-state index in [0.717, 1.165) is 16.0 Å². The van der Waals surface area contributed by atoms with Crippen molar-refractivity contribution in [3.63, 3.8) is 0 Å². The topological polar surface area (TPSA) is 63.6 Å². The highest BCUT2D eigenvalue weighted by Gasteiger charge is 2.34. The number of anilines is 1. The van der Waals surface area contributed by atoms with Gasteiger partial charge in [-0.1, -0.05) is 0 Å². The van der Waals surface area contributed by atoms with E-state index in [0.29, 0.717) is 5.56 Å². The zero-order valence-corrected chi connectivity index (χ0v) is 14.2. The number of hydrogen-bond acceptors (Lipinski definition) is 6. The number of nitrogens with one attached hydrogen (secondary N) is 1. The molecule has 0 aromatic carbocycles. The zero-order valence-electron chi connectivity index (χ0n) is 13.4. The predicted octanol–water partition coefficient (Wildman–Crippen LogP) is 4.50. The van der Waals surface area contributed by atoms with Crippen LogP contribution in [0.4, 0.5) is 19.0 Å². The van der Waals surface area contributed by atoms with Gasteiger partial charge in [-0.05, 0) is 26.0 Å². The van der Waals surface area contributed by atoms with Crippen molar-refractivity contribution >= 4 is 17.2 Å². The molecule has 1 N–H and O–H groups in total. The highest BCUT2D eigenvalue weighted by Crippen LogP contribution is 2.32. The molecule has 130 valence electrons. The summed E-state index contributed by atoms with van der Waals surface area (Å²) in [6, 6.07) is 3.75. The number of nitrogens with zero attached hydrogens (tertiary/aromatic N) is 4. The monoisotopic (exact) mass is 365 g/mol. The summed E-state index contributed by atoms with van der Waals surface area (Å²) in [6.07, 6.45) is 0.115. The van der Waals surface area contributed by atoms with Crippen molar-refractivity contribution in [1.82, 2.24) is 19.9 Å². The van der Waals surface area contributed by atoms with Crippen LogP contribution in [0.15, 0.2) is 36.8 Å². The van der Waals surface area contributed by atoms with Gasteiger partial charge in [0.05, 0.1) is 6.04 Å². The minimum Gasteiger partial charge on any atom is -0.361 e. The molecule has 0 bridgehead atoms. The van der Waals surface area contributed by atoms with Crippen LogP contribution in [0.5, 0.6) is 0 Å². The third kappa shape index (κ3) is 4.11. The molecule has 3 aromatic heterocycles. The van der Waals surface area contributed by atoms with E-state index in [1.54, 1.807) is 18.3 Å². The molecular formula is C16H14F3N5S. The van der Waals surface area contributed by atoms with E-state index in [-0.39, 0.29) is 17.7 Å².